The Bertz CT molecular complexity index is 1550. The van der Waals surface area contributed by atoms with Gasteiger partial charge in [0.2, 0.25) is 11.8 Å². The topological polar surface area (TPSA) is 86.8 Å². The first-order chi connectivity index (χ1) is 20.2. The Hall–Kier alpha value is -3.28. The third-order valence-corrected chi connectivity index (χ3v) is 9.02. The smallest absolute Gasteiger partial charge is 0.354 e. The molecule has 2 amide bonds. The number of nitrogens with one attached hydrogen (secondary N) is 1. The van der Waals surface area contributed by atoms with Crippen LogP contribution in [0.25, 0.3) is 0 Å². The Labute approximate surface area is 259 Å². The summed E-state index contributed by atoms with van der Waals surface area (Å²) in [6.45, 7) is 4.57. The molecule has 0 saturated carbocycles. The minimum absolute atomic E-state index is 0.167. The van der Waals surface area contributed by atoms with Crippen molar-refractivity contribution in [1.82, 2.24) is 10.2 Å². The van der Waals surface area contributed by atoms with Crippen molar-refractivity contribution >= 4 is 50.7 Å². The summed E-state index contributed by atoms with van der Waals surface area (Å²) in [7, 11) is -4.54. The second-order valence-electron chi connectivity index (χ2n) is 9.85. The summed E-state index contributed by atoms with van der Waals surface area (Å²) in [5, 5.41) is 3.32. The van der Waals surface area contributed by atoms with Crippen LogP contribution in [0.15, 0.2) is 71.6 Å². The molecular formula is C30H32Cl2F3N3O4S. The SMILES string of the molecule is CCCNC(=O)C(CC)N(Cc1ccc(Cl)cc1Cl)C(=O)CN(c1cccc(C(F)(F)F)c1)S(=O)(=O)c1ccc(C)cc1. The number of halogens is 5. The molecule has 3 aromatic carbocycles. The number of sulfonamides is 1. The van der Waals surface area contributed by atoms with Crippen LogP contribution in [0.1, 0.15) is 43.4 Å². The molecule has 0 aromatic heterocycles. The molecule has 3 aromatic rings. The largest absolute Gasteiger partial charge is 0.416 e. The average molecular weight is 659 g/mol. The second-order valence-corrected chi connectivity index (χ2v) is 12.6. The fraction of sp³-hybridized carbons (Fsp3) is 0.333. The van der Waals surface area contributed by atoms with Gasteiger partial charge in [0, 0.05) is 23.1 Å². The second kappa shape index (κ2) is 14.5. The van der Waals surface area contributed by atoms with Crippen molar-refractivity contribution in [2.75, 3.05) is 17.4 Å². The molecule has 7 nitrogen and oxygen atoms in total. The van der Waals surface area contributed by atoms with E-state index < -0.39 is 46.2 Å². The number of aryl methyl sites for hydroxylation is 1. The maximum Gasteiger partial charge on any atom is 0.416 e. The van der Waals surface area contributed by atoms with E-state index in [4.69, 9.17) is 23.2 Å². The van der Waals surface area contributed by atoms with Crippen LogP contribution in [0.2, 0.25) is 10.0 Å². The van der Waals surface area contributed by atoms with Gasteiger partial charge in [0.1, 0.15) is 12.6 Å². The number of hydrogen-bond acceptors (Lipinski definition) is 4. The zero-order valence-electron chi connectivity index (χ0n) is 23.8. The minimum atomic E-state index is -4.76. The molecule has 0 aliphatic rings. The standard InChI is InChI=1S/C30H32Cl2F3N3O4S/c1-4-15-36-29(40)27(5-2)37(18-21-11-12-23(31)17-26(21)32)28(39)19-38(24-8-6-7-22(16-24)30(33,34)35)43(41,42)25-13-9-20(3)10-14-25/h6-14,16-17,27H,4-5,15,18-19H2,1-3H3,(H,36,40). The molecule has 1 N–H and O–H groups in total. The van der Waals surface area contributed by atoms with Crippen molar-refractivity contribution in [3.63, 3.8) is 0 Å². The third kappa shape index (κ3) is 8.64. The molecule has 0 bridgehead atoms. The zero-order valence-corrected chi connectivity index (χ0v) is 26.1. The Balaban J connectivity index is 2.13. The van der Waals surface area contributed by atoms with E-state index in [-0.39, 0.29) is 28.6 Å². The number of carbonyl (C=O) groups excluding carboxylic acids is 2. The maximum atomic E-state index is 14.1. The van der Waals surface area contributed by atoms with Crippen LogP contribution in [0.3, 0.4) is 0 Å². The van der Waals surface area contributed by atoms with Crippen LogP contribution < -0.4 is 9.62 Å². The van der Waals surface area contributed by atoms with Gasteiger partial charge < -0.3 is 10.2 Å². The van der Waals surface area contributed by atoms with Gasteiger partial charge in [-0.3, -0.25) is 13.9 Å². The lowest BCUT2D eigenvalue weighted by Crippen LogP contribution is -2.52. The minimum Gasteiger partial charge on any atom is -0.354 e. The van der Waals surface area contributed by atoms with Gasteiger partial charge in [0.05, 0.1) is 16.1 Å². The van der Waals surface area contributed by atoms with Gasteiger partial charge >= 0.3 is 6.18 Å². The molecule has 13 heteroatoms. The number of carbonyl (C=O) groups is 2. The molecule has 0 aliphatic carbocycles. The molecule has 1 unspecified atom stereocenters. The summed E-state index contributed by atoms with van der Waals surface area (Å²) in [5.41, 5.74) is -0.253. The Morgan fingerprint density at radius 3 is 2.23 bits per heavy atom. The van der Waals surface area contributed by atoms with Gasteiger partial charge in [-0.1, -0.05) is 66.9 Å². The highest BCUT2D eigenvalue weighted by Gasteiger charge is 2.36. The lowest BCUT2D eigenvalue weighted by atomic mass is 10.1. The van der Waals surface area contributed by atoms with Crippen LogP contribution in [0, 0.1) is 6.92 Å². The van der Waals surface area contributed by atoms with E-state index in [1.807, 2.05) is 6.92 Å². The molecule has 0 aliphatic heterocycles. The van der Waals surface area contributed by atoms with Gasteiger partial charge in [-0.05, 0) is 67.8 Å². The summed E-state index contributed by atoms with van der Waals surface area (Å²) >= 11 is 12.4. The molecule has 0 spiro atoms. The van der Waals surface area contributed by atoms with Gasteiger partial charge in [-0.15, -0.1) is 0 Å². The van der Waals surface area contributed by atoms with Gasteiger partial charge in [0.25, 0.3) is 10.0 Å². The van der Waals surface area contributed by atoms with E-state index in [1.165, 1.54) is 29.2 Å². The lowest BCUT2D eigenvalue weighted by molar-refractivity contribution is -0.140. The van der Waals surface area contributed by atoms with Gasteiger partial charge in [0.15, 0.2) is 0 Å². The van der Waals surface area contributed by atoms with E-state index in [0.717, 1.165) is 17.7 Å². The van der Waals surface area contributed by atoms with Crippen LogP contribution in [-0.2, 0) is 32.3 Å². The van der Waals surface area contributed by atoms with Crippen molar-refractivity contribution in [3.05, 3.63) is 93.5 Å². The molecule has 3 rings (SSSR count). The van der Waals surface area contributed by atoms with E-state index >= 15 is 0 Å². The van der Waals surface area contributed by atoms with Crippen molar-refractivity contribution in [2.45, 2.75) is 57.3 Å². The number of rotatable bonds is 12. The van der Waals surface area contributed by atoms with Crippen molar-refractivity contribution in [2.24, 2.45) is 0 Å². The van der Waals surface area contributed by atoms with E-state index in [9.17, 15) is 31.2 Å². The number of anilines is 1. The molecule has 1 atom stereocenters. The average Bonchev–Trinajstić information content (AvgIpc) is 2.95. The van der Waals surface area contributed by atoms with Crippen molar-refractivity contribution in [1.29, 1.82) is 0 Å². The number of alkyl halides is 3. The fourth-order valence-electron chi connectivity index (χ4n) is 4.32. The fourth-order valence-corrected chi connectivity index (χ4v) is 6.20. The van der Waals surface area contributed by atoms with Gasteiger partial charge in [-0.2, -0.15) is 13.2 Å². The molecule has 0 fully saturated rings. The third-order valence-electron chi connectivity index (χ3n) is 6.64. The number of hydrogen-bond donors (Lipinski definition) is 1. The Kier molecular flexibility index (Phi) is 11.5. The number of nitrogens with zero attached hydrogens (tertiary/aromatic N) is 2. The van der Waals surface area contributed by atoms with E-state index in [1.54, 1.807) is 38.1 Å². The highest BCUT2D eigenvalue weighted by atomic mass is 35.5. The van der Waals surface area contributed by atoms with E-state index in [2.05, 4.69) is 5.32 Å². The first-order valence-corrected chi connectivity index (χ1v) is 15.7. The summed E-state index contributed by atoms with van der Waals surface area (Å²) in [5.74, 6) is -1.28. The summed E-state index contributed by atoms with van der Waals surface area (Å²) in [6.07, 6.45) is -3.96. The molecule has 43 heavy (non-hydrogen) atoms. The lowest BCUT2D eigenvalue weighted by Gasteiger charge is -2.33. The number of amides is 2. The first kappa shape index (κ1) is 34.2. The number of benzene rings is 3. The van der Waals surface area contributed by atoms with Gasteiger partial charge in [-0.25, -0.2) is 8.42 Å². The zero-order chi connectivity index (χ0) is 31.9. The summed E-state index contributed by atoms with van der Waals surface area (Å²) < 4.78 is 69.3. The predicted molar refractivity (Wildman–Crippen MR) is 162 cm³/mol. The highest BCUT2D eigenvalue weighted by molar-refractivity contribution is 7.92. The van der Waals surface area contributed by atoms with Crippen LogP contribution >= 0.6 is 23.2 Å². The van der Waals surface area contributed by atoms with Crippen molar-refractivity contribution < 1.29 is 31.2 Å². The predicted octanol–water partition coefficient (Wildman–Crippen LogP) is 6.85. The molecule has 232 valence electrons. The Morgan fingerprint density at radius 1 is 0.977 bits per heavy atom. The normalized spacial score (nSPS) is 12.5. The summed E-state index contributed by atoms with van der Waals surface area (Å²) in [4.78, 5) is 28.2. The highest BCUT2D eigenvalue weighted by Crippen LogP contribution is 2.33. The maximum absolute atomic E-state index is 14.1. The molecular weight excluding hydrogens is 626 g/mol. The van der Waals surface area contributed by atoms with E-state index in [0.29, 0.717) is 33.9 Å². The van der Waals surface area contributed by atoms with Crippen molar-refractivity contribution in [3.8, 4) is 0 Å². The van der Waals surface area contributed by atoms with Crippen LogP contribution in [0.5, 0.6) is 0 Å². The quantitative estimate of drug-likeness (QED) is 0.231. The first-order valence-electron chi connectivity index (χ1n) is 13.5. The molecule has 0 heterocycles. The monoisotopic (exact) mass is 657 g/mol. The van der Waals surface area contributed by atoms with Crippen LogP contribution in [-0.4, -0.2) is 44.3 Å². The summed E-state index contributed by atoms with van der Waals surface area (Å²) in [6, 6.07) is 13.0. The van der Waals surface area contributed by atoms with Crippen LogP contribution in [0.4, 0.5) is 18.9 Å². The molecule has 0 radical (unpaired) electrons. The molecule has 0 saturated heterocycles. The Morgan fingerprint density at radius 2 is 1.65 bits per heavy atom.